The monoisotopic (exact) mass is 487 g/mol. The molecule has 2 heterocycles. The summed E-state index contributed by atoms with van der Waals surface area (Å²) in [5.74, 6) is 1.13. The van der Waals surface area contributed by atoms with Crippen LogP contribution in [0.5, 0.6) is 0 Å². The van der Waals surface area contributed by atoms with Gasteiger partial charge in [-0.3, -0.25) is 14.5 Å². The minimum atomic E-state index is 0.189. The minimum absolute atomic E-state index is 0.189. The second-order valence-corrected chi connectivity index (χ2v) is 12.1. The SMILES string of the molecule is O=C(NC1CCN(C(=O)C2CCCCCCC2)CC1N1CCCCCCC1)C1CCCCCCC1. The Balaban J connectivity index is 1.42. The maximum atomic E-state index is 13.6. The number of hydrogen-bond acceptors (Lipinski definition) is 3. The molecular weight excluding hydrogens is 434 g/mol. The number of nitrogens with one attached hydrogen (secondary N) is 1. The van der Waals surface area contributed by atoms with Gasteiger partial charge in [-0.25, -0.2) is 0 Å². The van der Waals surface area contributed by atoms with Gasteiger partial charge in [0.05, 0.1) is 0 Å². The predicted molar refractivity (Wildman–Crippen MR) is 143 cm³/mol. The lowest BCUT2D eigenvalue weighted by molar-refractivity contribution is -0.139. The summed E-state index contributed by atoms with van der Waals surface area (Å²) in [5, 5.41) is 3.56. The van der Waals surface area contributed by atoms with Crippen LogP contribution in [0.15, 0.2) is 0 Å². The minimum Gasteiger partial charge on any atom is -0.351 e. The van der Waals surface area contributed by atoms with E-state index in [1.54, 1.807) is 0 Å². The molecule has 35 heavy (non-hydrogen) atoms. The fraction of sp³-hybridized carbons (Fsp3) is 0.933. The summed E-state index contributed by atoms with van der Waals surface area (Å²) in [7, 11) is 0. The number of likely N-dealkylation sites (tertiary alicyclic amines) is 2. The van der Waals surface area contributed by atoms with Gasteiger partial charge in [-0.05, 0) is 58.0 Å². The van der Waals surface area contributed by atoms with Gasteiger partial charge in [0.1, 0.15) is 0 Å². The molecule has 2 unspecified atom stereocenters. The van der Waals surface area contributed by atoms with E-state index in [0.717, 1.165) is 58.3 Å². The first-order valence-electron chi connectivity index (χ1n) is 15.6. The van der Waals surface area contributed by atoms with Crippen LogP contribution in [0.1, 0.15) is 128 Å². The fourth-order valence-corrected chi connectivity index (χ4v) is 7.25. The van der Waals surface area contributed by atoms with Crippen LogP contribution in [-0.4, -0.2) is 59.9 Å². The van der Waals surface area contributed by atoms with Crippen LogP contribution in [0.3, 0.4) is 0 Å². The maximum Gasteiger partial charge on any atom is 0.225 e. The van der Waals surface area contributed by atoms with Crippen molar-refractivity contribution in [3.8, 4) is 0 Å². The van der Waals surface area contributed by atoms with E-state index in [0.29, 0.717) is 11.8 Å². The van der Waals surface area contributed by atoms with Crippen LogP contribution in [0.4, 0.5) is 0 Å². The smallest absolute Gasteiger partial charge is 0.225 e. The van der Waals surface area contributed by atoms with E-state index in [4.69, 9.17) is 0 Å². The summed E-state index contributed by atoms with van der Waals surface area (Å²) >= 11 is 0. The van der Waals surface area contributed by atoms with Crippen LogP contribution in [-0.2, 0) is 9.59 Å². The number of rotatable bonds is 4. The van der Waals surface area contributed by atoms with Crippen molar-refractivity contribution in [1.82, 2.24) is 15.1 Å². The normalized spacial score (nSPS) is 29.7. The number of piperidine rings is 1. The molecule has 0 radical (unpaired) electrons. The Bertz CT molecular complexity index is 630. The van der Waals surface area contributed by atoms with Crippen molar-refractivity contribution in [3.63, 3.8) is 0 Å². The van der Waals surface area contributed by atoms with E-state index >= 15 is 0 Å². The van der Waals surface area contributed by atoms with Gasteiger partial charge in [0.2, 0.25) is 11.8 Å². The number of carbonyl (C=O) groups is 2. The summed E-state index contributed by atoms with van der Waals surface area (Å²) < 4.78 is 0. The lowest BCUT2D eigenvalue weighted by Crippen LogP contribution is -2.62. The van der Waals surface area contributed by atoms with Gasteiger partial charge in [-0.2, -0.15) is 0 Å². The Hall–Kier alpha value is -1.10. The van der Waals surface area contributed by atoms with Crippen LogP contribution in [0, 0.1) is 11.8 Å². The average Bonchev–Trinajstić information content (AvgIpc) is 2.78. The van der Waals surface area contributed by atoms with E-state index in [-0.39, 0.29) is 23.9 Å². The summed E-state index contributed by atoms with van der Waals surface area (Å²) in [6.45, 7) is 3.86. The predicted octanol–water partition coefficient (Wildman–Crippen LogP) is 6.06. The molecule has 200 valence electrons. The number of nitrogens with zero attached hydrogens (tertiary/aromatic N) is 2. The number of carbonyl (C=O) groups excluding carboxylic acids is 2. The van der Waals surface area contributed by atoms with Crippen LogP contribution in [0.2, 0.25) is 0 Å². The molecule has 5 nitrogen and oxygen atoms in total. The third-order valence-electron chi connectivity index (χ3n) is 9.51. The van der Waals surface area contributed by atoms with Gasteiger partial charge >= 0.3 is 0 Å². The molecule has 2 saturated carbocycles. The zero-order chi connectivity index (χ0) is 24.3. The first-order chi connectivity index (χ1) is 17.2. The highest BCUT2D eigenvalue weighted by Crippen LogP contribution is 2.28. The molecule has 2 aliphatic carbocycles. The van der Waals surface area contributed by atoms with Crippen molar-refractivity contribution in [2.45, 2.75) is 141 Å². The molecular formula is C30H53N3O2. The zero-order valence-electron chi connectivity index (χ0n) is 22.5. The quantitative estimate of drug-likeness (QED) is 0.524. The number of hydrogen-bond donors (Lipinski definition) is 1. The Morgan fingerprint density at radius 2 is 1.03 bits per heavy atom. The highest BCUT2D eigenvalue weighted by atomic mass is 16.2. The van der Waals surface area contributed by atoms with Crippen molar-refractivity contribution in [2.75, 3.05) is 26.2 Å². The van der Waals surface area contributed by atoms with Gasteiger partial charge in [0, 0.05) is 37.0 Å². The first-order valence-corrected chi connectivity index (χ1v) is 15.6. The van der Waals surface area contributed by atoms with E-state index in [1.165, 1.54) is 96.3 Å². The van der Waals surface area contributed by atoms with Crippen LogP contribution < -0.4 is 5.32 Å². The Morgan fingerprint density at radius 1 is 0.543 bits per heavy atom. The molecule has 0 bridgehead atoms. The lowest BCUT2D eigenvalue weighted by atomic mass is 9.88. The van der Waals surface area contributed by atoms with Crippen LogP contribution >= 0.6 is 0 Å². The molecule has 2 aliphatic heterocycles. The maximum absolute atomic E-state index is 13.6. The summed E-state index contributed by atoms with van der Waals surface area (Å²) in [6, 6.07) is 0.464. The molecule has 0 aromatic heterocycles. The van der Waals surface area contributed by atoms with Crippen molar-refractivity contribution in [2.24, 2.45) is 11.8 Å². The van der Waals surface area contributed by atoms with Gasteiger partial charge < -0.3 is 10.2 Å². The molecule has 2 amide bonds. The van der Waals surface area contributed by atoms with Gasteiger partial charge in [0.25, 0.3) is 0 Å². The average molecular weight is 488 g/mol. The molecule has 4 fully saturated rings. The molecule has 5 heteroatoms. The Labute approximate surface area is 215 Å². The third-order valence-corrected chi connectivity index (χ3v) is 9.51. The van der Waals surface area contributed by atoms with E-state index < -0.39 is 0 Å². The van der Waals surface area contributed by atoms with E-state index in [2.05, 4.69) is 15.1 Å². The molecule has 2 saturated heterocycles. The summed E-state index contributed by atoms with van der Waals surface area (Å²) in [4.78, 5) is 31.9. The first kappa shape index (κ1) is 26.9. The van der Waals surface area contributed by atoms with E-state index in [1.807, 2.05) is 0 Å². The van der Waals surface area contributed by atoms with Gasteiger partial charge in [-0.15, -0.1) is 0 Å². The van der Waals surface area contributed by atoms with E-state index in [9.17, 15) is 9.59 Å². The van der Waals surface area contributed by atoms with Gasteiger partial charge in [0.15, 0.2) is 0 Å². The lowest BCUT2D eigenvalue weighted by Gasteiger charge is -2.46. The largest absolute Gasteiger partial charge is 0.351 e. The third kappa shape index (κ3) is 8.20. The number of amides is 2. The molecule has 0 aromatic carbocycles. The molecule has 1 N–H and O–H groups in total. The second-order valence-electron chi connectivity index (χ2n) is 12.1. The van der Waals surface area contributed by atoms with Crippen molar-refractivity contribution in [1.29, 1.82) is 0 Å². The molecule has 0 spiro atoms. The van der Waals surface area contributed by atoms with Crippen molar-refractivity contribution >= 4 is 11.8 Å². The molecule has 4 aliphatic rings. The topological polar surface area (TPSA) is 52.7 Å². The zero-order valence-corrected chi connectivity index (χ0v) is 22.5. The van der Waals surface area contributed by atoms with Gasteiger partial charge in [-0.1, -0.05) is 83.5 Å². The Morgan fingerprint density at radius 3 is 1.60 bits per heavy atom. The van der Waals surface area contributed by atoms with Crippen LogP contribution in [0.25, 0.3) is 0 Å². The van der Waals surface area contributed by atoms with Crippen molar-refractivity contribution in [3.05, 3.63) is 0 Å². The standard InChI is InChI=1S/C30H53N3O2/c34-29(25-16-10-4-1-5-11-17-25)31-27-20-23-33(30(35)26-18-12-6-2-7-13-19-26)24-28(27)32-21-14-8-3-9-15-22-32/h25-28H,1-24H2,(H,31,34). The van der Waals surface area contributed by atoms with Crippen molar-refractivity contribution < 1.29 is 9.59 Å². The highest BCUT2D eigenvalue weighted by Gasteiger charge is 2.38. The molecule has 2 atom stereocenters. The second kappa shape index (κ2) is 14.6. The summed E-state index contributed by atoms with van der Waals surface area (Å²) in [5.41, 5.74) is 0. The fourth-order valence-electron chi connectivity index (χ4n) is 7.25. The Kier molecular flexibility index (Phi) is 11.2. The molecule has 4 rings (SSSR count). The highest BCUT2D eigenvalue weighted by molar-refractivity contribution is 5.80. The molecule has 0 aromatic rings. The summed E-state index contributed by atoms with van der Waals surface area (Å²) in [6.07, 6.45) is 24.3.